The van der Waals surface area contributed by atoms with Gasteiger partial charge in [0.15, 0.2) is 0 Å². The van der Waals surface area contributed by atoms with Crippen molar-refractivity contribution in [3.05, 3.63) is 75.7 Å². The van der Waals surface area contributed by atoms with Gasteiger partial charge in [0.25, 0.3) is 5.69 Å². The first-order valence-corrected chi connectivity index (χ1v) is 9.93. The number of rotatable bonds is 5. The average molecular weight is 398 g/mol. The van der Waals surface area contributed by atoms with Crippen LogP contribution >= 0.6 is 11.8 Å². The molecule has 0 amide bonds. The van der Waals surface area contributed by atoms with E-state index in [1.54, 1.807) is 34.6 Å². The Bertz CT molecular complexity index is 1020. The van der Waals surface area contributed by atoms with Crippen LogP contribution in [0.5, 0.6) is 0 Å². The predicted molar refractivity (Wildman–Crippen MR) is 107 cm³/mol. The summed E-state index contributed by atoms with van der Waals surface area (Å²) in [5, 5.41) is 18.9. The summed E-state index contributed by atoms with van der Waals surface area (Å²) in [4.78, 5) is 11.2. The summed E-state index contributed by atoms with van der Waals surface area (Å²) in [6.45, 7) is 0.575. The van der Waals surface area contributed by atoms with Crippen molar-refractivity contribution < 1.29 is 9.31 Å². The molecule has 0 saturated carbocycles. The summed E-state index contributed by atoms with van der Waals surface area (Å²) in [6, 6.07) is 11.7. The van der Waals surface area contributed by atoms with E-state index in [-0.39, 0.29) is 17.5 Å². The standard InChI is InChI=1S/C20H19FN4O2S/c1-24-12-14(19(23-24)13-5-7-15(8-6-13)25(26)27)11-22-18-9-10-28-20-16(18)3-2-4-17(20)21/h2-8,12,18,22H,9-11H2,1H3. The van der Waals surface area contributed by atoms with Gasteiger partial charge in [0.05, 0.1) is 10.6 Å². The molecule has 6 nitrogen and oxygen atoms in total. The van der Waals surface area contributed by atoms with Crippen LogP contribution in [-0.4, -0.2) is 20.5 Å². The highest BCUT2D eigenvalue weighted by molar-refractivity contribution is 7.99. The van der Waals surface area contributed by atoms with Crippen LogP contribution < -0.4 is 5.32 Å². The zero-order valence-corrected chi connectivity index (χ0v) is 16.1. The van der Waals surface area contributed by atoms with Gasteiger partial charge in [0, 0.05) is 54.0 Å². The number of nitro groups is 1. The summed E-state index contributed by atoms with van der Waals surface area (Å²) in [5.74, 6) is 0.704. The van der Waals surface area contributed by atoms with Crippen molar-refractivity contribution >= 4 is 17.4 Å². The first-order chi connectivity index (χ1) is 13.5. The van der Waals surface area contributed by atoms with Crippen molar-refractivity contribution in [1.29, 1.82) is 0 Å². The molecule has 4 rings (SSSR count). The van der Waals surface area contributed by atoms with Crippen LogP contribution in [0.1, 0.15) is 23.6 Å². The molecule has 2 aromatic carbocycles. The fraction of sp³-hybridized carbons (Fsp3) is 0.250. The van der Waals surface area contributed by atoms with E-state index in [4.69, 9.17) is 0 Å². The zero-order chi connectivity index (χ0) is 19.7. The summed E-state index contributed by atoms with van der Waals surface area (Å²) >= 11 is 1.56. The van der Waals surface area contributed by atoms with Gasteiger partial charge in [-0.1, -0.05) is 12.1 Å². The number of benzene rings is 2. The fourth-order valence-electron chi connectivity index (χ4n) is 3.48. The molecule has 1 unspecified atom stereocenters. The second kappa shape index (κ2) is 7.73. The highest BCUT2D eigenvalue weighted by Crippen LogP contribution is 2.38. The van der Waals surface area contributed by atoms with Gasteiger partial charge in [0.2, 0.25) is 0 Å². The van der Waals surface area contributed by atoms with Crippen LogP contribution in [0.4, 0.5) is 10.1 Å². The lowest BCUT2D eigenvalue weighted by atomic mass is 10.0. The van der Waals surface area contributed by atoms with Crippen LogP contribution in [-0.2, 0) is 13.6 Å². The highest BCUT2D eigenvalue weighted by Gasteiger charge is 2.23. The molecule has 28 heavy (non-hydrogen) atoms. The quantitative estimate of drug-likeness (QED) is 0.507. The van der Waals surface area contributed by atoms with E-state index in [0.717, 1.165) is 39.5 Å². The van der Waals surface area contributed by atoms with Gasteiger partial charge < -0.3 is 5.32 Å². The lowest BCUT2D eigenvalue weighted by molar-refractivity contribution is -0.384. The van der Waals surface area contributed by atoms with Crippen LogP contribution in [0.15, 0.2) is 53.6 Å². The molecule has 8 heteroatoms. The molecule has 0 bridgehead atoms. The molecule has 1 N–H and O–H groups in total. The minimum Gasteiger partial charge on any atom is -0.306 e. The van der Waals surface area contributed by atoms with Gasteiger partial charge in [-0.15, -0.1) is 11.8 Å². The number of halogens is 1. The third-order valence-electron chi connectivity index (χ3n) is 4.82. The van der Waals surface area contributed by atoms with Crippen LogP contribution in [0.2, 0.25) is 0 Å². The van der Waals surface area contributed by atoms with Gasteiger partial charge in [-0.3, -0.25) is 14.8 Å². The molecule has 1 aliphatic heterocycles. The van der Waals surface area contributed by atoms with Crippen LogP contribution in [0, 0.1) is 15.9 Å². The largest absolute Gasteiger partial charge is 0.306 e. The summed E-state index contributed by atoms with van der Waals surface area (Å²) in [5.41, 5.74) is 3.66. The number of hydrogen-bond acceptors (Lipinski definition) is 5. The highest BCUT2D eigenvalue weighted by atomic mass is 32.2. The number of fused-ring (bicyclic) bond motifs is 1. The van der Waals surface area contributed by atoms with Crippen molar-refractivity contribution in [2.45, 2.75) is 23.9 Å². The lowest BCUT2D eigenvalue weighted by Gasteiger charge is -2.26. The van der Waals surface area contributed by atoms with Crippen molar-refractivity contribution in [1.82, 2.24) is 15.1 Å². The number of non-ortho nitro benzene ring substituents is 1. The van der Waals surface area contributed by atoms with E-state index in [0.29, 0.717) is 6.54 Å². The van der Waals surface area contributed by atoms with Crippen molar-refractivity contribution in [3.8, 4) is 11.3 Å². The first kappa shape index (κ1) is 18.6. The minimum atomic E-state index is -0.414. The number of aromatic nitrogens is 2. The molecule has 0 radical (unpaired) electrons. The second-order valence-corrected chi connectivity index (χ2v) is 7.81. The number of thioether (sulfide) groups is 1. The molecule has 144 valence electrons. The predicted octanol–water partition coefficient (Wildman–Crippen LogP) is 4.46. The average Bonchev–Trinajstić information content (AvgIpc) is 3.07. The smallest absolute Gasteiger partial charge is 0.269 e. The van der Waals surface area contributed by atoms with E-state index >= 15 is 0 Å². The number of aryl methyl sites for hydroxylation is 1. The molecule has 0 aliphatic carbocycles. The Labute approximate surface area is 165 Å². The molecule has 0 fully saturated rings. The summed E-state index contributed by atoms with van der Waals surface area (Å²) in [7, 11) is 1.85. The molecule has 0 spiro atoms. The zero-order valence-electron chi connectivity index (χ0n) is 15.3. The van der Waals surface area contributed by atoms with E-state index in [9.17, 15) is 14.5 Å². The monoisotopic (exact) mass is 398 g/mol. The van der Waals surface area contributed by atoms with E-state index in [1.807, 2.05) is 19.3 Å². The van der Waals surface area contributed by atoms with Gasteiger partial charge in [-0.2, -0.15) is 5.10 Å². The molecule has 1 atom stereocenters. The van der Waals surface area contributed by atoms with E-state index < -0.39 is 4.92 Å². The van der Waals surface area contributed by atoms with Crippen molar-refractivity contribution in [2.24, 2.45) is 7.05 Å². The van der Waals surface area contributed by atoms with Gasteiger partial charge in [-0.25, -0.2) is 4.39 Å². The first-order valence-electron chi connectivity index (χ1n) is 8.95. The molecular weight excluding hydrogens is 379 g/mol. The van der Waals surface area contributed by atoms with Gasteiger partial charge >= 0.3 is 0 Å². The fourth-order valence-corrected chi connectivity index (χ4v) is 4.62. The topological polar surface area (TPSA) is 73.0 Å². The molecule has 2 heterocycles. The summed E-state index contributed by atoms with van der Waals surface area (Å²) in [6.07, 6.45) is 2.86. The van der Waals surface area contributed by atoms with Crippen LogP contribution in [0.3, 0.4) is 0 Å². The third-order valence-corrected chi connectivity index (χ3v) is 5.98. The second-order valence-electron chi connectivity index (χ2n) is 6.71. The molecular formula is C20H19FN4O2S. The summed E-state index contributed by atoms with van der Waals surface area (Å²) < 4.78 is 15.8. The molecule has 1 aromatic heterocycles. The lowest BCUT2D eigenvalue weighted by Crippen LogP contribution is -2.24. The maximum Gasteiger partial charge on any atom is 0.269 e. The number of nitrogens with zero attached hydrogens (tertiary/aromatic N) is 3. The van der Waals surface area contributed by atoms with Crippen molar-refractivity contribution in [3.63, 3.8) is 0 Å². The number of nitrogens with one attached hydrogen (secondary N) is 1. The maximum atomic E-state index is 14.1. The molecule has 3 aromatic rings. The minimum absolute atomic E-state index is 0.0534. The third kappa shape index (κ3) is 3.65. The van der Waals surface area contributed by atoms with Gasteiger partial charge in [-0.05, 0) is 35.9 Å². The molecule has 1 aliphatic rings. The van der Waals surface area contributed by atoms with Crippen molar-refractivity contribution in [2.75, 3.05) is 5.75 Å². The normalized spacial score (nSPS) is 16.0. The molecule has 0 saturated heterocycles. The Morgan fingerprint density at radius 1 is 1.32 bits per heavy atom. The Hall–Kier alpha value is -2.71. The Kier molecular flexibility index (Phi) is 5.15. The Morgan fingerprint density at radius 3 is 2.86 bits per heavy atom. The number of nitro benzene ring substituents is 1. The number of hydrogen-bond donors (Lipinski definition) is 1. The Balaban J connectivity index is 1.56. The van der Waals surface area contributed by atoms with E-state index in [1.165, 1.54) is 18.2 Å². The van der Waals surface area contributed by atoms with Gasteiger partial charge in [0.1, 0.15) is 5.82 Å². The SMILES string of the molecule is Cn1cc(CNC2CCSc3c(F)cccc32)c(-c2ccc([N+](=O)[O-])cc2)n1. The maximum absolute atomic E-state index is 14.1. The Morgan fingerprint density at radius 2 is 2.11 bits per heavy atom. The van der Waals surface area contributed by atoms with Crippen LogP contribution in [0.25, 0.3) is 11.3 Å². The van der Waals surface area contributed by atoms with E-state index in [2.05, 4.69) is 10.4 Å².